The fourth-order valence-electron chi connectivity index (χ4n) is 2.47. The molecule has 1 saturated heterocycles. The van der Waals surface area contributed by atoms with Gasteiger partial charge in [0, 0.05) is 0 Å². The van der Waals surface area contributed by atoms with E-state index in [1.54, 1.807) is 7.11 Å². The van der Waals surface area contributed by atoms with Crippen molar-refractivity contribution in [3.8, 4) is 5.75 Å². The SMILES string of the molecule is COc1cccc(C2CC(=O)NN2c2ccccc2)c1. The fourth-order valence-corrected chi connectivity index (χ4v) is 2.47. The lowest BCUT2D eigenvalue weighted by Gasteiger charge is -2.25. The number of hydrazine groups is 1. The summed E-state index contributed by atoms with van der Waals surface area (Å²) in [5, 5.41) is 1.91. The summed E-state index contributed by atoms with van der Waals surface area (Å²) in [4.78, 5) is 11.8. The maximum Gasteiger partial charge on any atom is 0.241 e. The van der Waals surface area contributed by atoms with E-state index in [0.717, 1.165) is 17.0 Å². The average Bonchev–Trinajstić information content (AvgIpc) is 2.90. The van der Waals surface area contributed by atoms with Gasteiger partial charge < -0.3 is 4.74 Å². The monoisotopic (exact) mass is 268 g/mol. The van der Waals surface area contributed by atoms with Crippen molar-refractivity contribution in [1.29, 1.82) is 0 Å². The van der Waals surface area contributed by atoms with Crippen molar-refractivity contribution in [3.63, 3.8) is 0 Å². The van der Waals surface area contributed by atoms with Gasteiger partial charge in [0.2, 0.25) is 5.91 Å². The van der Waals surface area contributed by atoms with Gasteiger partial charge in [0.25, 0.3) is 0 Å². The third-order valence-electron chi connectivity index (χ3n) is 3.45. The number of carbonyl (C=O) groups is 1. The number of benzene rings is 2. The highest BCUT2D eigenvalue weighted by molar-refractivity contribution is 5.83. The molecule has 0 aromatic heterocycles. The zero-order valence-corrected chi connectivity index (χ0v) is 11.2. The van der Waals surface area contributed by atoms with Crippen LogP contribution in [0.5, 0.6) is 5.75 Å². The summed E-state index contributed by atoms with van der Waals surface area (Å²) in [7, 11) is 1.64. The number of anilines is 1. The molecule has 20 heavy (non-hydrogen) atoms. The smallest absolute Gasteiger partial charge is 0.241 e. The van der Waals surface area contributed by atoms with Crippen molar-refractivity contribution in [2.45, 2.75) is 12.5 Å². The molecule has 0 saturated carbocycles. The minimum Gasteiger partial charge on any atom is -0.497 e. The molecule has 0 bridgehead atoms. The molecule has 3 rings (SSSR count). The van der Waals surface area contributed by atoms with Crippen LogP contribution in [0, 0.1) is 0 Å². The number of amides is 1. The van der Waals surface area contributed by atoms with Crippen LogP contribution in [0.2, 0.25) is 0 Å². The van der Waals surface area contributed by atoms with E-state index in [-0.39, 0.29) is 11.9 Å². The molecule has 1 atom stereocenters. The maximum absolute atomic E-state index is 11.8. The summed E-state index contributed by atoms with van der Waals surface area (Å²) in [5.74, 6) is 0.830. The predicted molar refractivity (Wildman–Crippen MR) is 77.4 cm³/mol. The summed E-state index contributed by atoms with van der Waals surface area (Å²) in [6.45, 7) is 0. The molecule has 1 N–H and O–H groups in total. The molecule has 0 spiro atoms. The fraction of sp³-hybridized carbons (Fsp3) is 0.188. The Morgan fingerprint density at radius 3 is 2.70 bits per heavy atom. The van der Waals surface area contributed by atoms with Crippen molar-refractivity contribution in [3.05, 3.63) is 60.2 Å². The van der Waals surface area contributed by atoms with Crippen LogP contribution in [0.25, 0.3) is 0 Å². The van der Waals surface area contributed by atoms with Gasteiger partial charge in [-0.1, -0.05) is 30.3 Å². The summed E-state index contributed by atoms with van der Waals surface area (Å²) < 4.78 is 5.26. The summed E-state index contributed by atoms with van der Waals surface area (Å²) >= 11 is 0. The van der Waals surface area contributed by atoms with E-state index >= 15 is 0 Å². The molecule has 1 aliphatic heterocycles. The Labute approximate surface area is 117 Å². The molecular formula is C16H16N2O2. The van der Waals surface area contributed by atoms with Gasteiger partial charge >= 0.3 is 0 Å². The Hall–Kier alpha value is -2.49. The van der Waals surface area contributed by atoms with E-state index in [1.807, 2.05) is 59.6 Å². The molecular weight excluding hydrogens is 252 g/mol. The van der Waals surface area contributed by atoms with Crippen molar-refractivity contribution < 1.29 is 9.53 Å². The molecule has 2 aromatic rings. The Morgan fingerprint density at radius 2 is 1.95 bits per heavy atom. The third kappa shape index (κ3) is 2.32. The van der Waals surface area contributed by atoms with Crippen LogP contribution >= 0.6 is 0 Å². The predicted octanol–water partition coefficient (Wildman–Crippen LogP) is 2.68. The highest BCUT2D eigenvalue weighted by atomic mass is 16.5. The van der Waals surface area contributed by atoms with Crippen LogP contribution in [-0.4, -0.2) is 13.0 Å². The Balaban J connectivity index is 1.96. The van der Waals surface area contributed by atoms with Gasteiger partial charge in [0.1, 0.15) is 5.75 Å². The van der Waals surface area contributed by atoms with Crippen molar-refractivity contribution in [1.82, 2.24) is 5.43 Å². The number of nitrogens with zero attached hydrogens (tertiary/aromatic N) is 1. The van der Waals surface area contributed by atoms with E-state index in [4.69, 9.17) is 4.74 Å². The maximum atomic E-state index is 11.8. The second kappa shape index (κ2) is 5.25. The molecule has 0 radical (unpaired) electrons. The highest BCUT2D eigenvalue weighted by Crippen LogP contribution is 2.33. The molecule has 1 fully saturated rings. The number of nitrogens with one attached hydrogen (secondary N) is 1. The molecule has 4 heteroatoms. The number of para-hydroxylation sites is 1. The second-order valence-corrected chi connectivity index (χ2v) is 4.74. The first kappa shape index (κ1) is 12.5. The first-order valence-electron chi connectivity index (χ1n) is 6.55. The Morgan fingerprint density at radius 1 is 1.15 bits per heavy atom. The van der Waals surface area contributed by atoms with Crippen LogP contribution < -0.4 is 15.2 Å². The van der Waals surface area contributed by atoms with Crippen LogP contribution in [0.15, 0.2) is 54.6 Å². The number of carbonyl (C=O) groups excluding carboxylic acids is 1. The normalized spacial score (nSPS) is 17.9. The van der Waals surface area contributed by atoms with E-state index in [0.29, 0.717) is 6.42 Å². The first-order chi connectivity index (χ1) is 9.78. The van der Waals surface area contributed by atoms with E-state index < -0.39 is 0 Å². The van der Waals surface area contributed by atoms with Gasteiger partial charge in [-0.3, -0.25) is 15.2 Å². The number of methoxy groups -OCH3 is 1. The lowest BCUT2D eigenvalue weighted by Crippen LogP contribution is -2.34. The van der Waals surface area contributed by atoms with Gasteiger partial charge in [-0.05, 0) is 29.8 Å². The molecule has 0 aliphatic carbocycles. The van der Waals surface area contributed by atoms with Crippen molar-refractivity contribution in [2.75, 3.05) is 12.1 Å². The molecule has 102 valence electrons. The third-order valence-corrected chi connectivity index (χ3v) is 3.45. The molecule has 1 heterocycles. The molecule has 2 aromatic carbocycles. The van der Waals surface area contributed by atoms with E-state index in [2.05, 4.69) is 5.43 Å². The zero-order valence-electron chi connectivity index (χ0n) is 11.2. The standard InChI is InChI=1S/C16H16N2O2/c1-20-14-9-5-6-12(10-14)15-11-16(19)17-18(15)13-7-3-2-4-8-13/h2-10,15H,11H2,1H3,(H,17,19). The number of hydrogen-bond donors (Lipinski definition) is 1. The lowest BCUT2D eigenvalue weighted by molar-refractivity contribution is -0.119. The Kier molecular flexibility index (Phi) is 3.29. The number of hydrogen-bond acceptors (Lipinski definition) is 3. The largest absolute Gasteiger partial charge is 0.497 e. The summed E-state index contributed by atoms with van der Waals surface area (Å²) in [6.07, 6.45) is 0.446. The summed E-state index contributed by atoms with van der Waals surface area (Å²) in [5.41, 5.74) is 4.95. The molecule has 1 amide bonds. The quantitative estimate of drug-likeness (QED) is 0.930. The van der Waals surface area contributed by atoms with Gasteiger partial charge in [0.15, 0.2) is 0 Å². The van der Waals surface area contributed by atoms with Gasteiger partial charge in [-0.15, -0.1) is 0 Å². The first-order valence-corrected chi connectivity index (χ1v) is 6.55. The average molecular weight is 268 g/mol. The zero-order chi connectivity index (χ0) is 13.9. The Bertz CT molecular complexity index is 613. The van der Waals surface area contributed by atoms with Gasteiger partial charge in [0.05, 0.1) is 25.3 Å². The minimum absolute atomic E-state index is 0.0139. The summed E-state index contributed by atoms with van der Waals surface area (Å²) in [6, 6.07) is 17.7. The van der Waals surface area contributed by atoms with Crippen LogP contribution in [-0.2, 0) is 4.79 Å². The second-order valence-electron chi connectivity index (χ2n) is 4.74. The van der Waals surface area contributed by atoms with Crippen LogP contribution in [0.4, 0.5) is 5.69 Å². The highest BCUT2D eigenvalue weighted by Gasteiger charge is 2.31. The number of rotatable bonds is 3. The minimum atomic E-state index is -0.0139. The molecule has 1 aliphatic rings. The van der Waals surface area contributed by atoms with Crippen LogP contribution in [0.3, 0.4) is 0 Å². The van der Waals surface area contributed by atoms with Crippen LogP contribution in [0.1, 0.15) is 18.0 Å². The molecule has 1 unspecified atom stereocenters. The lowest BCUT2D eigenvalue weighted by atomic mass is 10.0. The van der Waals surface area contributed by atoms with E-state index in [9.17, 15) is 4.79 Å². The van der Waals surface area contributed by atoms with Gasteiger partial charge in [-0.25, -0.2) is 0 Å². The van der Waals surface area contributed by atoms with Crippen molar-refractivity contribution in [2.24, 2.45) is 0 Å². The van der Waals surface area contributed by atoms with Gasteiger partial charge in [-0.2, -0.15) is 0 Å². The topological polar surface area (TPSA) is 41.6 Å². The van der Waals surface area contributed by atoms with Crippen molar-refractivity contribution >= 4 is 11.6 Å². The van der Waals surface area contributed by atoms with E-state index in [1.165, 1.54) is 0 Å². The number of ether oxygens (including phenoxy) is 1. The molecule has 4 nitrogen and oxygen atoms in total.